The van der Waals surface area contributed by atoms with Crippen molar-refractivity contribution in [1.82, 2.24) is 29.9 Å². The number of hydrogen-bond donors (Lipinski definition) is 1. The van der Waals surface area contributed by atoms with Crippen molar-refractivity contribution >= 4 is 0 Å². The number of H-pyrrole nitrogens is 1. The Labute approximate surface area is 144 Å². The molecule has 0 unspecified atom stereocenters. The van der Waals surface area contributed by atoms with Gasteiger partial charge in [-0.3, -0.25) is 10.00 Å². The van der Waals surface area contributed by atoms with E-state index in [1.165, 1.54) is 12.4 Å². The summed E-state index contributed by atoms with van der Waals surface area (Å²) in [5, 5.41) is 11.4. The third-order valence-electron chi connectivity index (χ3n) is 4.56. The molecule has 0 bridgehead atoms. The van der Waals surface area contributed by atoms with Crippen molar-refractivity contribution in [1.29, 1.82) is 0 Å². The van der Waals surface area contributed by atoms with E-state index in [0.717, 1.165) is 24.5 Å². The van der Waals surface area contributed by atoms with Gasteiger partial charge in [0.05, 0.1) is 17.8 Å². The minimum absolute atomic E-state index is 0.103. The van der Waals surface area contributed by atoms with Gasteiger partial charge in [-0.1, -0.05) is 12.1 Å². The number of aromatic amines is 1. The lowest BCUT2D eigenvalue weighted by Gasteiger charge is -2.20. The summed E-state index contributed by atoms with van der Waals surface area (Å²) in [5.41, 5.74) is 1.31. The summed E-state index contributed by atoms with van der Waals surface area (Å²) in [4.78, 5) is 6.54. The first-order chi connectivity index (χ1) is 12.2. The molecule has 0 radical (unpaired) electrons. The van der Waals surface area contributed by atoms with E-state index >= 15 is 0 Å². The SMILES string of the molecule is CO[C@@H]1C[C@@H](c2ncn[nH]2)N(Cc2ccn(-c3ccccc3F)n2)C1. The van der Waals surface area contributed by atoms with E-state index in [1.807, 2.05) is 6.07 Å². The van der Waals surface area contributed by atoms with Crippen molar-refractivity contribution in [3.05, 3.63) is 60.2 Å². The molecule has 0 spiro atoms. The fraction of sp³-hybridized carbons (Fsp3) is 0.353. The van der Waals surface area contributed by atoms with Crippen LogP contribution < -0.4 is 0 Å². The Balaban J connectivity index is 1.54. The van der Waals surface area contributed by atoms with Gasteiger partial charge in [-0.15, -0.1) is 0 Å². The Kier molecular flexibility index (Phi) is 4.29. The molecule has 0 aliphatic carbocycles. The fourth-order valence-electron chi connectivity index (χ4n) is 3.29. The molecular weight excluding hydrogens is 323 g/mol. The highest BCUT2D eigenvalue weighted by Crippen LogP contribution is 2.32. The molecule has 1 aliphatic rings. The van der Waals surface area contributed by atoms with Crippen LogP contribution in [0.2, 0.25) is 0 Å². The van der Waals surface area contributed by atoms with E-state index in [-0.39, 0.29) is 18.0 Å². The summed E-state index contributed by atoms with van der Waals surface area (Å²) in [6.07, 6.45) is 4.28. The van der Waals surface area contributed by atoms with Gasteiger partial charge in [-0.25, -0.2) is 14.1 Å². The predicted octanol–water partition coefficient (Wildman–Crippen LogP) is 2.09. The number of para-hydroxylation sites is 1. The molecule has 1 N–H and O–H groups in total. The summed E-state index contributed by atoms with van der Waals surface area (Å²) in [7, 11) is 1.72. The molecule has 1 fully saturated rings. The van der Waals surface area contributed by atoms with Gasteiger partial charge in [0.15, 0.2) is 0 Å². The van der Waals surface area contributed by atoms with Crippen molar-refractivity contribution in [3.8, 4) is 5.69 Å². The Morgan fingerprint density at radius 1 is 1.32 bits per heavy atom. The standard InChI is InChI=1S/C17H19FN6O/c1-25-13-8-16(17-19-11-20-21-17)23(10-13)9-12-6-7-24(22-12)15-5-3-2-4-14(15)18/h2-7,11,13,16H,8-10H2,1H3,(H,19,20,21)/t13-,16+/m1/s1. The Morgan fingerprint density at radius 2 is 2.20 bits per heavy atom. The topological polar surface area (TPSA) is 71.9 Å². The fourth-order valence-corrected chi connectivity index (χ4v) is 3.29. The molecule has 4 rings (SSSR count). The lowest BCUT2D eigenvalue weighted by Crippen LogP contribution is -2.25. The van der Waals surface area contributed by atoms with Gasteiger partial charge in [-0.05, 0) is 24.6 Å². The maximum Gasteiger partial charge on any atom is 0.148 e. The maximum atomic E-state index is 13.9. The quantitative estimate of drug-likeness (QED) is 0.769. The maximum absolute atomic E-state index is 13.9. The van der Waals surface area contributed by atoms with E-state index in [1.54, 1.807) is 36.2 Å². The zero-order valence-corrected chi connectivity index (χ0v) is 13.8. The monoisotopic (exact) mass is 342 g/mol. The second-order valence-electron chi connectivity index (χ2n) is 6.11. The minimum atomic E-state index is -0.294. The van der Waals surface area contributed by atoms with Gasteiger partial charge < -0.3 is 4.74 Å². The van der Waals surface area contributed by atoms with Crippen LogP contribution in [0, 0.1) is 5.82 Å². The molecule has 0 amide bonds. The predicted molar refractivity (Wildman–Crippen MR) is 88.5 cm³/mol. The summed E-state index contributed by atoms with van der Waals surface area (Å²) in [5.74, 6) is 0.533. The van der Waals surface area contributed by atoms with Crippen molar-refractivity contribution in [2.45, 2.75) is 25.1 Å². The molecule has 1 aromatic carbocycles. The van der Waals surface area contributed by atoms with E-state index < -0.39 is 0 Å². The van der Waals surface area contributed by atoms with Crippen LogP contribution in [0.1, 0.15) is 24.0 Å². The molecule has 1 aliphatic heterocycles. The number of ether oxygens (including phenoxy) is 1. The molecule has 1 saturated heterocycles. The average Bonchev–Trinajstić information content (AvgIpc) is 3.36. The summed E-state index contributed by atoms with van der Waals surface area (Å²) in [6, 6.07) is 8.61. The van der Waals surface area contributed by atoms with Crippen LogP contribution in [0.5, 0.6) is 0 Å². The average molecular weight is 342 g/mol. The summed E-state index contributed by atoms with van der Waals surface area (Å²) < 4.78 is 21.0. The van der Waals surface area contributed by atoms with Crippen LogP contribution in [-0.2, 0) is 11.3 Å². The molecule has 3 heterocycles. The van der Waals surface area contributed by atoms with E-state index in [4.69, 9.17) is 4.74 Å². The normalized spacial score (nSPS) is 21.0. The summed E-state index contributed by atoms with van der Waals surface area (Å²) in [6.45, 7) is 1.42. The van der Waals surface area contributed by atoms with Gasteiger partial charge in [-0.2, -0.15) is 10.2 Å². The third kappa shape index (κ3) is 3.18. The molecule has 2 atom stereocenters. The number of nitrogens with zero attached hydrogens (tertiary/aromatic N) is 5. The number of rotatable bonds is 5. The second kappa shape index (κ2) is 6.73. The lowest BCUT2D eigenvalue weighted by atomic mass is 10.2. The number of hydrogen-bond acceptors (Lipinski definition) is 5. The first-order valence-corrected chi connectivity index (χ1v) is 8.16. The van der Waals surface area contributed by atoms with Crippen molar-refractivity contribution in [2.75, 3.05) is 13.7 Å². The first-order valence-electron chi connectivity index (χ1n) is 8.16. The van der Waals surface area contributed by atoms with Gasteiger partial charge in [0.2, 0.25) is 0 Å². The van der Waals surface area contributed by atoms with Crippen LogP contribution in [0.15, 0.2) is 42.9 Å². The van der Waals surface area contributed by atoms with E-state index in [2.05, 4.69) is 25.2 Å². The molecule has 0 saturated carbocycles. The molecule has 130 valence electrons. The summed E-state index contributed by atoms with van der Waals surface area (Å²) >= 11 is 0. The molecule has 3 aromatic rings. The Morgan fingerprint density at radius 3 is 2.96 bits per heavy atom. The Hall–Kier alpha value is -2.58. The highest BCUT2D eigenvalue weighted by molar-refractivity contribution is 5.32. The van der Waals surface area contributed by atoms with Crippen LogP contribution in [-0.4, -0.2) is 49.6 Å². The van der Waals surface area contributed by atoms with E-state index in [0.29, 0.717) is 12.2 Å². The highest BCUT2D eigenvalue weighted by Gasteiger charge is 2.35. The van der Waals surface area contributed by atoms with Crippen LogP contribution in [0.4, 0.5) is 4.39 Å². The third-order valence-corrected chi connectivity index (χ3v) is 4.56. The largest absolute Gasteiger partial charge is 0.380 e. The Bertz CT molecular complexity index is 833. The number of aromatic nitrogens is 5. The van der Waals surface area contributed by atoms with Gasteiger partial charge >= 0.3 is 0 Å². The zero-order valence-electron chi connectivity index (χ0n) is 13.8. The first kappa shape index (κ1) is 15.9. The lowest BCUT2D eigenvalue weighted by molar-refractivity contribution is 0.107. The van der Waals surface area contributed by atoms with Gasteiger partial charge in [0.1, 0.15) is 23.7 Å². The minimum Gasteiger partial charge on any atom is -0.380 e. The molecule has 25 heavy (non-hydrogen) atoms. The van der Waals surface area contributed by atoms with Gasteiger partial charge in [0, 0.05) is 26.4 Å². The van der Waals surface area contributed by atoms with Crippen molar-refractivity contribution < 1.29 is 9.13 Å². The molecule has 2 aromatic heterocycles. The van der Waals surface area contributed by atoms with Crippen molar-refractivity contribution in [2.24, 2.45) is 0 Å². The van der Waals surface area contributed by atoms with Crippen LogP contribution in [0.25, 0.3) is 5.69 Å². The highest BCUT2D eigenvalue weighted by atomic mass is 19.1. The zero-order chi connectivity index (χ0) is 17.2. The van der Waals surface area contributed by atoms with E-state index in [9.17, 15) is 4.39 Å². The smallest absolute Gasteiger partial charge is 0.148 e. The number of likely N-dealkylation sites (tertiary alicyclic amines) is 1. The number of halogens is 1. The van der Waals surface area contributed by atoms with Gasteiger partial charge in [0.25, 0.3) is 0 Å². The number of methoxy groups -OCH3 is 1. The second-order valence-corrected chi connectivity index (χ2v) is 6.11. The van der Waals surface area contributed by atoms with Crippen LogP contribution >= 0.6 is 0 Å². The molecular formula is C17H19FN6O. The van der Waals surface area contributed by atoms with Crippen molar-refractivity contribution in [3.63, 3.8) is 0 Å². The molecule has 8 heteroatoms. The number of nitrogens with one attached hydrogen (secondary N) is 1. The van der Waals surface area contributed by atoms with Crippen LogP contribution in [0.3, 0.4) is 0 Å². The molecule has 7 nitrogen and oxygen atoms in total. The number of benzene rings is 1.